The zero-order valence-corrected chi connectivity index (χ0v) is 11.1. The summed E-state index contributed by atoms with van der Waals surface area (Å²) in [6, 6.07) is 4.14. The van der Waals surface area contributed by atoms with E-state index in [4.69, 9.17) is 11.8 Å². The summed E-state index contributed by atoms with van der Waals surface area (Å²) in [4.78, 5) is 16.4. The highest BCUT2D eigenvalue weighted by Crippen LogP contribution is 2.35. The molecule has 2 rings (SSSR count). The van der Waals surface area contributed by atoms with Crippen molar-refractivity contribution in [2.24, 2.45) is 0 Å². The molecule has 0 radical (unpaired) electrons. The highest BCUT2D eigenvalue weighted by Gasteiger charge is 2.25. The van der Waals surface area contributed by atoms with Crippen LogP contribution in [-0.2, 0) is 6.42 Å². The quantitative estimate of drug-likeness (QED) is 0.820. The summed E-state index contributed by atoms with van der Waals surface area (Å²) in [5.41, 5.74) is 4.39. The van der Waals surface area contributed by atoms with E-state index in [9.17, 15) is 4.79 Å². The van der Waals surface area contributed by atoms with Crippen LogP contribution in [-0.4, -0.2) is 24.9 Å². The molecule has 0 fully saturated rings. The number of nitrogens with one attached hydrogen (secondary N) is 1. The average molecular weight is 253 g/mol. The summed E-state index contributed by atoms with van der Waals surface area (Å²) in [6.45, 7) is 2.02. The van der Waals surface area contributed by atoms with Gasteiger partial charge in [0.2, 0.25) is 0 Å². The Labute approximate surface area is 107 Å². The van der Waals surface area contributed by atoms with Crippen molar-refractivity contribution in [3.8, 4) is 0 Å². The van der Waals surface area contributed by atoms with Crippen molar-refractivity contribution < 1.29 is 4.79 Å². The van der Waals surface area contributed by atoms with E-state index in [0.717, 1.165) is 24.0 Å². The molecule has 0 aromatic heterocycles. The topological polar surface area (TPSA) is 32.3 Å². The largest absolute Gasteiger partial charge is 0.345 e. The average Bonchev–Trinajstić information content (AvgIpc) is 2.72. The lowest BCUT2D eigenvalue weighted by molar-refractivity contribution is 0.0827. The second-order valence-electron chi connectivity index (χ2n) is 4.71. The first-order valence-electron chi connectivity index (χ1n) is 5.76. The summed E-state index contributed by atoms with van der Waals surface area (Å²) in [7, 11) is 3.55. The second kappa shape index (κ2) is 4.67. The van der Waals surface area contributed by atoms with E-state index in [1.807, 2.05) is 19.1 Å². The van der Waals surface area contributed by atoms with Crippen molar-refractivity contribution in [3.63, 3.8) is 0 Å². The number of fused-ring (bicyclic) bond motifs is 1. The van der Waals surface area contributed by atoms with E-state index >= 15 is 0 Å². The van der Waals surface area contributed by atoms with E-state index in [-0.39, 0.29) is 11.9 Å². The lowest BCUT2D eigenvalue weighted by Gasteiger charge is -2.16. The molecule has 92 valence electrons. The number of halogens is 1. The number of rotatable bonds is 2. The van der Waals surface area contributed by atoms with E-state index < -0.39 is 0 Å². The van der Waals surface area contributed by atoms with Gasteiger partial charge in [-0.25, -0.2) is 4.84 Å². The Morgan fingerprint density at radius 1 is 1.47 bits per heavy atom. The van der Waals surface area contributed by atoms with Gasteiger partial charge in [-0.1, -0.05) is 6.07 Å². The molecule has 1 aromatic carbocycles. The zero-order valence-electron chi connectivity index (χ0n) is 10.4. The molecule has 0 saturated carbocycles. The number of hydrogen-bond donors (Lipinski definition) is 1. The Kier molecular flexibility index (Phi) is 3.40. The van der Waals surface area contributed by atoms with Crippen molar-refractivity contribution in [1.29, 1.82) is 0 Å². The van der Waals surface area contributed by atoms with Crippen molar-refractivity contribution in [2.45, 2.75) is 25.8 Å². The first-order valence-corrected chi connectivity index (χ1v) is 6.14. The van der Waals surface area contributed by atoms with Crippen molar-refractivity contribution in [3.05, 3.63) is 34.4 Å². The SMILES string of the molecule is Cc1c(C(=O)N(C)C)ccc2c1CC[C@@H]2NCl. The molecule has 1 aliphatic carbocycles. The summed E-state index contributed by atoms with van der Waals surface area (Å²) in [6.07, 6.45) is 1.99. The van der Waals surface area contributed by atoms with E-state index in [2.05, 4.69) is 4.84 Å². The van der Waals surface area contributed by atoms with Gasteiger partial charge in [0.1, 0.15) is 0 Å². The predicted octanol–water partition coefficient (Wildman–Crippen LogP) is 2.43. The van der Waals surface area contributed by atoms with Crippen LogP contribution in [0, 0.1) is 6.92 Å². The normalized spacial score (nSPS) is 18.0. The van der Waals surface area contributed by atoms with Crippen LogP contribution >= 0.6 is 11.8 Å². The molecule has 1 N–H and O–H groups in total. The first-order chi connectivity index (χ1) is 8.06. The molecule has 3 nitrogen and oxygen atoms in total. The van der Waals surface area contributed by atoms with Crippen molar-refractivity contribution in [1.82, 2.24) is 9.74 Å². The van der Waals surface area contributed by atoms with E-state index in [0.29, 0.717) is 0 Å². The van der Waals surface area contributed by atoms with Gasteiger partial charge >= 0.3 is 0 Å². The Bertz CT molecular complexity index is 457. The molecule has 1 aliphatic rings. The van der Waals surface area contributed by atoms with Gasteiger partial charge in [0.05, 0.1) is 0 Å². The Hall–Kier alpha value is -1.06. The van der Waals surface area contributed by atoms with Crippen LogP contribution in [0.1, 0.15) is 39.5 Å². The Morgan fingerprint density at radius 2 is 2.18 bits per heavy atom. The van der Waals surface area contributed by atoms with Crippen molar-refractivity contribution >= 4 is 17.7 Å². The molecule has 0 unspecified atom stereocenters. The predicted molar refractivity (Wildman–Crippen MR) is 69.2 cm³/mol. The second-order valence-corrected chi connectivity index (χ2v) is 4.92. The monoisotopic (exact) mass is 252 g/mol. The lowest BCUT2D eigenvalue weighted by Crippen LogP contribution is -2.23. The van der Waals surface area contributed by atoms with Crippen LogP contribution in [0.5, 0.6) is 0 Å². The fourth-order valence-corrected chi connectivity index (χ4v) is 2.69. The molecule has 0 aliphatic heterocycles. The van der Waals surface area contributed by atoms with E-state index in [1.165, 1.54) is 11.1 Å². The van der Waals surface area contributed by atoms with Crippen LogP contribution in [0.25, 0.3) is 0 Å². The molecule has 1 atom stereocenters. The van der Waals surface area contributed by atoms with Gasteiger partial charge in [-0.15, -0.1) is 0 Å². The zero-order chi connectivity index (χ0) is 12.6. The number of benzene rings is 1. The molecule has 0 bridgehead atoms. The molecule has 0 spiro atoms. The number of carbonyl (C=O) groups excluding carboxylic acids is 1. The summed E-state index contributed by atoms with van der Waals surface area (Å²) < 4.78 is 0. The molecular formula is C13H17ClN2O. The third-order valence-electron chi connectivity index (χ3n) is 3.46. The van der Waals surface area contributed by atoms with E-state index in [1.54, 1.807) is 19.0 Å². The number of nitrogens with zero attached hydrogens (tertiary/aromatic N) is 1. The van der Waals surface area contributed by atoms with Gasteiger partial charge < -0.3 is 4.90 Å². The maximum absolute atomic E-state index is 12.0. The molecule has 1 aromatic rings. The smallest absolute Gasteiger partial charge is 0.253 e. The highest BCUT2D eigenvalue weighted by atomic mass is 35.5. The highest BCUT2D eigenvalue weighted by molar-refractivity contribution is 6.13. The molecule has 0 heterocycles. The van der Waals surface area contributed by atoms with Crippen LogP contribution in [0.3, 0.4) is 0 Å². The Balaban J connectivity index is 2.45. The minimum atomic E-state index is 0.0626. The molecule has 0 saturated heterocycles. The van der Waals surface area contributed by atoms with Crippen LogP contribution in [0.2, 0.25) is 0 Å². The van der Waals surface area contributed by atoms with Crippen LogP contribution in [0.4, 0.5) is 0 Å². The van der Waals surface area contributed by atoms with Gasteiger partial charge in [-0.2, -0.15) is 0 Å². The van der Waals surface area contributed by atoms with Gasteiger partial charge in [0, 0.05) is 25.7 Å². The molecule has 1 amide bonds. The van der Waals surface area contributed by atoms with Gasteiger partial charge in [-0.05, 0) is 54.3 Å². The molecule has 17 heavy (non-hydrogen) atoms. The number of amides is 1. The number of carbonyl (C=O) groups is 1. The fraction of sp³-hybridized carbons (Fsp3) is 0.462. The fourth-order valence-electron chi connectivity index (χ4n) is 2.47. The molecule has 4 heteroatoms. The summed E-state index contributed by atoms with van der Waals surface area (Å²) in [5.74, 6) is 0.0626. The minimum Gasteiger partial charge on any atom is -0.345 e. The van der Waals surface area contributed by atoms with Gasteiger partial charge in [0.15, 0.2) is 0 Å². The maximum atomic E-state index is 12.0. The molecular weight excluding hydrogens is 236 g/mol. The maximum Gasteiger partial charge on any atom is 0.253 e. The third-order valence-corrected chi connectivity index (χ3v) is 3.72. The third kappa shape index (κ3) is 2.05. The van der Waals surface area contributed by atoms with Gasteiger partial charge in [-0.3, -0.25) is 4.79 Å². The van der Waals surface area contributed by atoms with Crippen LogP contribution < -0.4 is 4.84 Å². The summed E-state index contributed by atoms with van der Waals surface area (Å²) >= 11 is 5.72. The minimum absolute atomic E-state index is 0.0626. The lowest BCUT2D eigenvalue weighted by atomic mass is 9.97. The standard InChI is InChI=1S/C13H17ClN2O/c1-8-9-6-7-12(15-14)11(9)5-4-10(8)13(17)16(2)3/h4-5,12,15H,6-7H2,1-3H3/t12-/m0/s1. The van der Waals surface area contributed by atoms with Gasteiger partial charge in [0.25, 0.3) is 5.91 Å². The Morgan fingerprint density at radius 3 is 2.76 bits per heavy atom. The number of hydrogen-bond acceptors (Lipinski definition) is 2. The first kappa shape index (κ1) is 12.4. The summed E-state index contributed by atoms with van der Waals surface area (Å²) in [5, 5.41) is 0. The van der Waals surface area contributed by atoms with Crippen LogP contribution in [0.15, 0.2) is 12.1 Å². The van der Waals surface area contributed by atoms with Crippen molar-refractivity contribution in [2.75, 3.05) is 14.1 Å².